The van der Waals surface area contributed by atoms with E-state index in [2.05, 4.69) is 16.7 Å². The van der Waals surface area contributed by atoms with Crippen LogP contribution in [-0.4, -0.2) is 43.7 Å². The molecular weight excluding hydrogens is 506 g/mol. The van der Waals surface area contributed by atoms with Crippen molar-refractivity contribution in [2.24, 2.45) is 5.92 Å². The standard InChI is InChI=1S/C25H22ClN3O6S/c1-13-4-9-16(10-18(13)26)28-19(30)12-36-23-17(11-27)20(21(22(31)29-23)25(33)35-3)14-5-7-15(8-6-14)24(32)34-2/h4-10,20-21H,12H2,1-3H3,(H,28,30)(H,29,31)/t20-,21+/m0/s1. The molecular formula is C25H22ClN3O6S. The van der Waals surface area contributed by atoms with E-state index in [1.54, 1.807) is 30.3 Å². The number of methoxy groups -OCH3 is 2. The first-order valence-electron chi connectivity index (χ1n) is 10.6. The number of hydrogen-bond donors (Lipinski definition) is 2. The smallest absolute Gasteiger partial charge is 0.337 e. The van der Waals surface area contributed by atoms with Crippen molar-refractivity contribution in [1.82, 2.24) is 5.32 Å². The average Bonchev–Trinajstić information content (AvgIpc) is 2.88. The summed E-state index contributed by atoms with van der Waals surface area (Å²) in [6, 6.07) is 13.2. The number of nitrogens with zero attached hydrogens (tertiary/aromatic N) is 1. The lowest BCUT2D eigenvalue weighted by Gasteiger charge is -2.31. The van der Waals surface area contributed by atoms with Crippen LogP contribution in [0.1, 0.15) is 27.4 Å². The maximum absolute atomic E-state index is 12.9. The van der Waals surface area contributed by atoms with Gasteiger partial charge in [-0.15, -0.1) is 0 Å². The number of ether oxygens (including phenoxy) is 2. The monoisotopic (exact) mass is 527 g/mol. The third-order valence-electron chi connectivity index (χ3n) is 5.48. The summed E-state index contributed by atoms with van der Waals surface area (Å²) in [7, 11) is 2.40. The fraction of sp³-hybridized carbons (Fsp3) is 0.240. The van der Waals surface area contributed by atoms with Crippen LogP contribution in [0.2, 0.25) is 5.02 Å². The van der Waals surface area contributed by atoms with Gasteiger partial charge in [0.1, 0.15) is 5.92 Å². The third kappa shape index (κ3) is 5.87. The van der Waals surface area contributed by atoms with Crippen molar-refractivity contribution in [3.8, 4) is 6.07 Å². The highest BCUT2D eigenvalue weighted by Crippen LogP contribution is 2.40. The van der Waals surface area contributed by atoms with Crippen LogP contribution >= 0.6 is 23.4 Å². The summed E-state index contributed by atoms with van der Waals surface area (Å²) in [5.74, 6) is -4.86. The molecule has 0 aromatic heterocycles. The largest absolute Gasteiger partial charge is 0.468 e. The number of nitriles is 1. The van der Waals surface area contributed by atoms with Crippen LogP contribution in [0.3, 0.4) is 0 Å². The summed E-state index contributed by atoms with van der Waals surface area (Å²) in [4.78, 5) is 49.7. The van der Waals surface area contributed by atoms with E-state index in [9.17, 15) is 24.4 Å². The van der Waals surface area contributed by atoms with Crippen molar-refractivity contribution in [2.45, 2.75) is 12.8 Å². The predicted octanol–water partition coefficient (Wildman–Crippen LogP) is 3.54. The van der Waals surface area contributed by atoms with Gasteiger partial charge in [-0.25, -0.2) is 4.79 Å². The molecule has 1 heterocycles. The Kier molecular flexibility index (Phi) is 8.74. The highest BCUT2D eigenvalue weighted by atomic mass is 35.5. The SMILES string of the molecule is COC(=O)c1ccc([C@H]2C(C#N)=C(SCC(=O)Nc3ccc(C)c(Cl)c3)NC(=O)[C@@H]2C(=O)OC)cc1. The fourth-order valence-electron chi connectivity index (χ4n) is 3.63. The molecule has 0 aliphatic carbocycles. The van der Waals surface area contributed by atoms with E-state index in [0.717, 1.165) is 24.4 Å². The van der Waals surface area contributed by atoms with Gasteiger partial charge < -0.3 is 20.1 Å². The average molecular weight is 528 g/mol. The number of halogens is 1. The van der Waals surface area contributed by atoms with E-state index in [1.807, 2.05) is 6.92 Å². The van der Waals surface area contributed by atoms with Gasteiger partial charge in [-0.1, -0.05) is 41.6 Å². The number of esters is 2. The maximum Gasteiger partial charge on any atom is 0.337 e. The van der Waals surface area contributed by atoms with Gasteiger partial charge in [0, 0.05) is 16.6 Å². The van der Waals surface area contributed by atoms with Crippen LogP contribution in [0.5, 0.6) is 0 Å². The molecule has 0 bridgehead atoms. The molecule has 11 heteroatoms. The number of nitrogens with one attached hydrogen (secondary N) is 2. The zero-order chi connectivity index (χ0) is 26.4. The number of amides is 2. The topological polar surface area (TPSA) is 135 Å². The molecule has 186 valence electrons. The zero-order valence-corrected chi connectivity index (χ0v) is 21.2. The van der Waals surface area contributed by atoms with Gasteiger partial charge in [0.2, 0.25) is 11.8 Å². The Balaban J connectivity index is 1.90. The Morgan fingerprint density at radius 1 is 1.14 bits per heavy atom. The summed E-state index contributed by atoms with van der Waals surface area (Å²) in [5.41, 5.74) is 2.17. The van der Waals surface area contributed by atoms with Gasteiger partial charge in [-0.05, 0) is 42.3 Å². The lowest BCUT2D eigenvalue weighted by atomic mass is 9.78. The van der Waals surface area contributed by atoms with E-state index in [-0.39, 0.29) is 27.8 Å². The Morgan fingerprint density at radius 2 is 1.83 bits per heavy atom. The molecule has 3 rings (SSSR count). The molecule has 1 aliphatic rings. The van der Waals surface area contributed by atoms with E-state index >= 15 is 0 Å². The van der Waals surface area contributed by atoms with E-state index < -0.39 is 29.7 Å². The second kappa shape index (κ2) is 11.7. The molecule has 2 amide bonds. The van der Waals surface area contributed by atoms with Crippen molar-refractivity contribution < 1.29 is 28.7 Å². The normalized spacial score (nSPS) is 17.0. The highest BCUT2D eigenvalue weighted by molar-refractivity contribution is 8.03. The number of anilines is 1. The van der Waals surface area contributed by atoms with Gasteiger partial charge in [0.15, 0.2) is 0 Å². The van der Waals surface area contributed by atoms with Gasteiger partial charge in [0.05, 0.1) is 42.2 Å². The number of aryl methyl sites for hydroxylation is 1. The zero-order valence-electron chi connectivity index (χ0n) is 19.6. The first-order valence-corrected chi connectivity index (χ1v) is 12.0. The molecule has 9 nitrogen and oxygen atoms in total. The maximum atomic E-state index is 12.9. The van der Waals surface area contributed by atoms with E-state index in [4.69, 9.17) is 21.1 Å². The van der Waals surface area contributed by atoms with Gasteiger partial charge in [-0.2, -0.15) is 5.26 Å². The van der Waals surface area contributed by atoms with Gasteiger partial charge in [-0.3, -0.25) is 14.4 Å². The molecule has 2 aromatic rings. The molecule has 2 aromatic carbocycles. The molecule has 0 fully saturated rings. The Morgan fingerprint density at radius 3 is 2.42 bits per heavy atom. The third-order valence-corrected chi connectivity index (χ3v) is 6.90. The molecule has 0 spiro atoms. The minimum absolute atomic E-state index is 0.0898. The summed E-state index contributed by atoms with van der Waals surface area (Å²) in [6.45, 7) is 1.84. The summed E-state index contributed by atoms with van der Waals surface area (Å²) < 4.78 is 9.51. The number of thioether (sulfide) groups is 1. The minimum atomic E-state index is -1.33. The minimum Gasteiger partial charge on any atom is -0.468 e. The van der Waals surface area contributed by atoms with Crippen LogP contribution in [0.15, 0.2) is 53.1 Å². The molecule has 2 atom stereocenters. The van der Waals surface area contributed by atoms with E-state index in [0.29, 0.717) is 16.3 Å². The predicted molar refractivity (Wildman–Crippen MR) is 134 cm³/mol. The second-order valence-electron chi connectivity index (χ2n) is 7.74. The number of carbonyl (C=O) groups is 4. The molecule has 0 radical (unpaired) electrons. The van der Waals surface area contributed by atoms with Crippen molar-refractivity contribution >= 4 is 52.8 Å². The number of benzene rings is 2. The number of allylic oxidation sites excluding steroid dienone is 1. The molecule has 0 saturated carbocycles. The van der Waals surface area contributed by atoms with Crippen LogP contribution in [0.4, 0.5) is 5.69 Å². The Bertz CT molecular complexity index is 1290. The van der Waals surface area contributed by atoms with Crippen molar-refractivity contribution in [3.05, 3.63) is 74.8 Å². The number of carbonyl (C=O) groups excluding carboxylic acids is 4. The lowest BCUT2D eigenvalue weighted by Crippen LogP contribution is -2.44. The Labute approximate surface area is 216 Å². The van der Waals surface area contributed by atoms with Crippen LogP contribution in [-0.2, 0) is 23.9 Å². The molecule has 0 saturated heterocycles. The lowest BCUT2D eigenvalue weighted by molar-refractivity contribution is -0.150. The Hall–Kier alpha value is -3.81. The fourth-order valence-corrected chi connectivity index (χ4v) is 4.66. The van der Waals surface area contributed by atoms with Crippen LogP contribution < -0.4 is 10.6 Å². The first-order chi connectivity index (χ1) is 17.2. The van der Waals surface area contributed by atoms with Crippen LogP contribution in [0, 0.1) is 24.2 Å². The van der Waals surface area contributed by atoms with Crippen molar-refractivity contribution in [1.29, 1.82) is 5.26 Å². The molecule has 2 N–H and O–H groups in total. The first kappa shape index (κ1) is 26.8. The van der Waals surface area contributed by atoms with Crippen LogP contribution in [0.25, 0.3) is 0 Å². The summed E-state index contributed by atoms with van der Waals surface area (Å²) >= 11 is 7.05. The van der Waals surface area contributed by atoms with E-state index in [1.165, 1.54) is 19.2 Å². The number of hydrogen-bond acceptors (Lipinski definition) is 8. The molecule has 0 unspecified atom stereocenters. The number of rotatable bonds is 7. The molecule has 36 heavy (non-hydrogen) atoms. The van der Waals surface area contributed by atoms with Crippen molar-refractivity contribution in [3.63, 3.8) is 0 Å². The van der Waals surface area contributed by atoms with Crippen molar-refractivity contribution in [2.75, 3.05) is 25.3 Å². The van der Waals surface area contributed by atoms with Gasteiger partial charge in [0.25, 0.3) is 0 Å². The summed E-state index contributed by atoms with van der Waals surface area (Å²) in [5, 5.41) is 15.9. The highest BCUT2D eigenvalue weighted by Gasteiger charge is 2.44. The van der Waals surface area contributed by atoms with Gasteiger partial charge >= 0.3 is 11.9 Å². The second-order valence-corrected chi connectivity index (χ2v) is 9.13. The summed E-state index contributed by atoms with van der Waals surface area (Å²) in [6.07, 6.45) is 0. The molecule has 1 aliphatic heterocycles. The quantitative estimate of drug-likeness (QED) is 0.412.